The molecule has 3 rings (SSSR count). The number of hydrogen-bond acceptors (Lipinski definition) is 1. The van der Waals surface area contributed by atoms with E-state index < -0.39 is 11.9 Å². The Labute approximate surface area is 142 Å². The minimum atomic E-state index is -0.786. The molecule has 0 aliphatic carbocycles. The van der Waals surface area contributed by atoms with Gasteiger partial charge < -0.3 is 5.11 Å². The average molecular weight is 316 g/mol. The second-order valence-corrected chi connectivity index (χ2v) is 5.93. The Morgan fingerprint density at radius 1 is 0.708 bits per heavy atom. The van der Waals surface area contributed by atoms with Crippen LogP contribution in [0.15, 0.2) is 91.0 Å². The Morgan fingerprint density at radius 2 is 1.17 bits per heavy atom. The molecule has 0 heterocycles. The van der Waals surface area contributed by atoms with Gasteiger partial charge in [-0.1, -0.05) is 91.0 Å². The predicted molar refractivity (Wildman–Crippen MR) is 96.1 cm³/mol. The van der Waals surface area contributed by atoms with Crippen LogP contribution < -0.4 is 0 Å². The van der Waals surface area contributed by atoms with Gasteiger partial charge in [-0.3, -0.25) is 4.79 Å². The van der Waals surface area contributed by atoms with Crippen LogP contribution in [0, 0.1) is 0 Å². The van der Waals surface area contributed by atoms with Gasteiger partial charge in [0.1, 0.15) is 0 Å². The Bertz CT molecular complexity index is 767. The van der Waals surface area contributed by atoms with Crippen LogP contribution in [0.1, 0.15) is 28.5 Å². The molecular weight excluding hydrogens is 296 g/mol. The van der Waals surface area contributed by atoms with E-state index in [9.17, 15) is 9.90 Å². The maximum Gasteiger partial charge on any atom is 0.311 e. The molecule has 3 aromatic carbocycles. The molecule has 0 saturated heterocycles. The van der Waals surface area contributed by atoms with Crippen LogP contribution in [0.5, 0.6) is 0 Å². The molecule has 0 saturated carbocycles. The van der Waals surface area contributed by atoms with Crippen LogP contribution in [-0.4, -0.2) is 11.1 Å². The first kappa shape index (κ1) is 16.0. The highest BCUT2D eigenvalue weighted by Crippen LogP contribution is 2.36. The number of aliphatic carboxylic acids is 1. The standard InChI is InChI=1S/C22H20O2/c23-22(24)21(19-14-8-3-9-15-19)20(18-12-6-2-7-13-18)16-17-10-4-1-5-11-17/h1-15,20-21H,16H2,(H,23,24)/t20-,21-/m0/s1. The fourth-order valence-corrected chi connectivity index (χ4v) is 3.20. The van der Waals surface area contributed by atoms with Crippen molar-refractivity contribution in [3.05, 3.63) is 108 Å². The molecule has 0 fully saturated rings. The lowest BCUT2D eigenvalue weighted by Crippen LogP contribution is -2.22. The molecule has 24 heavy (non-hydrogen) atoms. The van der Waals surface area contributed by atoms with E-state index in [0.29, 0.717) is 6.42 Å². The fourth-order valence-electron chi connectivity index (χ4n) is 3.20. The monoisotopic (exact) mass is 316 g/mol. The van der Waals surface area contributed by atoms with Crippen molar-refractivity contribution in [1.82, 2.24) is 0 Å². The van der Waals surface area contributed by atoms with Gasteiger partial charge in [-0.05, 0) is 23.1 Å². The lowest BCUT2D eigenvalue weighted by molar-refractivity contribution is -0.139. The highest BCUT2D eigenvalue weighted by atomic mass is 16.4. The third-order valence-electron chi connectivity index (χ3n) is 4.35. The summed E-state index contributed by atoms with van der Waals surface area (Å²) in [5.74, 6) is -1.48. The molecule has 0 spiro atoms. The zero-order chi connectivity index (χ0) is 16.8. The lowest BCUT2D eigenvalue weighted by atomic mass is 9.78. The molecule has 0 aliphatic heterocycles. The highest BCUT2D eigenvalue weighted by Gasteiger charge is 2.31. The molecule has 3 aromatic rings. The van der Waals surface area contributed by atoms with Crippen molar-refractivity contribution >= 4 is 5.97 Å². The molecule has 0 bridgehead atoms. The first-order valence-corrected chi connectivity index (χ1v) is 8.12. The second kappa shape index (κ2) is 7.60. The summed E-state index contributed by atoms with van der Waals surface area (Å²) in [4.78, 5) is 12.1. The van der Waals surface area contributed by atoms with Crippen molar-refractivity contribution in [3.8, 4) is 0 Å². The summed E-state index contributed by atoms with van der Waals surface area (Å²) in [6, 6.07) is 29.5. The summed E-state index contributed by atoms with van der Waals surface area (Å²) in [7, 11) is 0. The van der Waals surface area contributed by atoms with Crippen molar-refractivity contribution < 1.29 is 9.90 Å². The molecule has 0 radical (unpaired) electrons. The van der Waals surface area contributed by atoms with Crippen LogP contribution >= 0.6 is 0 Å². The van der Waals surface area contributed by atoms with Gasteiger partial charge in [0.25, 0.3) is 0 Å². The number of benzene rings is 3. The Balaban J connectivity index is 2.03. The number of hydrogen-bond donors (Lipinski definition) is 1. The van der Waals surface area contributed by atoms with E-state index in [2.05, 4.69) is 12.1 Å². The van der Waals surface area contributed by atoms with E-state index >= 15 is 0 Å². The van der Waals surface area contributed by atoms with Gasteiger partial charge >= 0.3 is 5.97 Å². The Hall–Kier alpha value is -2.87. The van der Waals surface area contributed by atoms with Gasteiger partial charge in [-0.15, -0.1) is 0 Å². The first-order chi connectivity index (χ1) is 11.8. The minimum absolute atomic E-state index is 0.117. The second-order valence-electron chi connectivity index (χ2n) is 5.93. The number of carboxylic acid groups (broad SMARTS) is 1. The van der Waals surface area contributed by atoms with Crippen LogP contribution in [0.2, 0.25) is 0 Å². The fraction of sp³-hybridized carbons (Fsp3) is 0.136. The normalized spacial score (nSPS) is 13.2. The van der Waals surface area contributed by atoms with E-state index in [1.54, 1.807) is 0 Å². The number of rotatable bonds is 6. The van der Waals surface area contributed by atoms with E-state index in [0.717, 1.165) is 16.7 Å². The van der Waals surface area contributed by atoms with Gasteiger partial charge in [0.2, 0.25) is 0 Å². The number of carbonyl (C=O) groups is 1. The molecule has 120 valence electrons. The average Bonchev–Trinajstić information content (AvgIpc) is 2.63. The molecule has 2 heteroatoms. The van der Waals surface area contributed by atoms with Crippen molar-refractivity contribution in [2.45, 2.75) is 18.3 Å². The molecule has 2 nitrogen and oxygen atoms in total. The van der Waals surface area contributed by atoms with Crippen LogP contribution in [-0.2, 0) is 11.2 Å². The molecule has 0 unspecified atom stereocenters. The van der Waals surface area contributed by atoms with Crippen molar-refractivity contribution in [1.29, 1.82) is 0 Å². The zero-order valence-corrected chi connectivity index (χ0v) is 13.4. The highest BCUT2D eigenvalue weighted by molar-refractivity contribution is 5.77. The summed E-state index contributed by atoms with van der Waals surface area (Å²) < 4.78 is 0. The topological polar surface area (TPSA) is 37.3 Å². The molecule has 0 amide bonds. The summed E-state index contributed by atoms with van der Waals surface area (Å²) in [5, 5.41) is 9.94. The summed E-state index contributed by atoms with van der Waals surface area (Å²) in [6.45, 7) is 0. The third kappa shape index (κ3) is 3.72. The lowest BCUT2D eigenvalue weighted by Gasteiger charge is -2.25. The van der Waals surface area contributed by atoms with E-state index in [-0.39, 0.29) is 5.92 Å². The summed E-state index contributed by atoms with van der Waals surface area (Å²) in [6.07, 6.45) is 0.691. The SMILES string of the molecule is O=C(O)[C@@H](c1ccccc1)[C@@H](Cc1ccccc1)c1ccccc1. The minimum Gasteiger partial charge on any atom is -0.481 e. The van der Waals surface area contributed by atoms with Crippen molar-refractivity contribution in [3.63, 3.8) is 0 Å². The molecule has 0 aliphatic rings. The van der Waals surface area contributed by atoms with Crippen LogP contribution in [0.3, 0.4) is 0 Å². The van der Waals surface area contributed by atoms with Crippen molar-refractivity contribution in [2.75, 3.05) is 0 Å². The first-order valence-electron chi connectivity index (χ1n) is 8.12. The maximum absolute atomic E-state index is 12.1. The van der Waals surface area contributed by atoms with E-state index in [1.165, 1.54) is 0 Å². The molecular formula is C22H20O2. The Kier molecular flexibility index (Phi) is 5.07. The van der Waals surface area contributed by atoms with Gasteiger partial charge in [0, 0.05) is 5.92 Å². The van der Waals surface area contributed by atoms with E-state index in [4.69, 9.17) is 0 Å². The summed E-state index contributed by atoms with van der Waals surface area (Å²) >= 11 is 0. The number of carboxylic acids is 1. The quantitative estimate of drug-likeness (QED) is 0.703. The van der Waals surface area contributed by atoms with E-state index in [1.807, 2.05) is 78.9 Å². The molecule has 1 N–H and O–H groups in total. The summed E-state index contributed by atoms with van der Waals surface area (Å²) in [5.41, 5.74) is 3.04. The van der Waals surface area contributed by atoms with Crippen LogP contribution in [0.25, 0.3) is 0 Å². The van der Waals surface area contributed by atoms with Crippen molar-refractivity contribution in [2.24, 2.45) is 0 Å². The predicted octanol–water partition coefficient (Wildman–Crippen LogP) is 4.88. The van der Waals surface area contributed by atoms with Crippen LogP contribution in [0.4, 0.5) is 0 Å². The van der Waals surface area contributed by atoms with Gasteiger partial charge in [-0.2, -0.15) is 0 Å². The molecule has 0 aromatic heterocycles. The third-order valence-corrected chi connectivity index (χ3v) is 4.35. The molecule has 2 atom stereocenters. The van der Waals surface area contributed by atoms with Gasteiger partial charge in [0.15, 0.2) is 0 Å². The van der Waals surface area contributed by atoms with Gasteiger partial charge in [-0.25, -0.2) is 0 Å². The smallest absolute Gasteiger partial charge is 0.311 e. The zero-order valence-electron chi connectivity index (χ0n) is 13.4. The maximum atomic E-state index is 12.1. The largest absolute Gasteiger partial charge is 0.481 e. The van der Waals surface area contributed by atoms with Gasteiger partial charge in [0.05, 0.1) is 5.92 Å². The Morgan fingerprint density at radius 3 is 1.67 bits per heavy atom.